The van der Waals surface area contributed by atoms with Crippen molar-refractivity contribution in [3.05, 3.63) is 0 Å². The standard InChI is InChI=1S/C9H14N2O3/c1-4-5(7(13)11-6(4)12)9(2,3)8(10)14/h4-5H,1-3H3,(H2,10,14)(H,11,12,13). The third-order valence-corrected chi connectivity index (χ3v) is 2.86. The molecule has 0 aliphatic carbocycles. The molecule has 1 fully saturated rings. The second-order valence-electron chi connectivity index (χ2n) is 4.21. The molecule has 1 aliphatic heterocycles. The van der Waals surface area contributed by atoms with Gasteiger partial charge in [-0.15, -0.1) is 0 Å². The molecule has 2 atom stereocenters. The molecule has 2 unspecified atom stereocenters. The summed E-state index contributed by atoms with van der Waals surface area (Å²) in [6.07, 6.45) is 0. The highest BCUT2D eigenvalue weighted by molar-refractivity contribution is 6.07. The summed E-state index contributed by atoms with van der Waals surface area (Å²) >= 11 is 0. The number of nitrogens with one attached hydrogen (secondary N) is 1. The van der Waals surface area contributed by atoms with Gasteiger partial charge in [0.05, 0.1) is 11.3 Å². The Hall–Kier alpha value is -1.39. The number of carbonyl (C=O) groups is 3. The van der Waals surface area contributed by atoms with Crippen molar-refractivity contribution in [1.82, 2.24) is 5.32 Å². The van der Waals surface area contributed by atoms with E-state index in [2.05, 4.69) is 5.32 Å². The zero-order valence-electron chi connectivity index (χ0n) is 8.46. The van der Waals surface area contributed by atoms with Crippen LogP contribution in [-0.2, 0) is 14.4 Å². The monoisotopic (exact) mass is 198 g/mol. The van der Waals surface area contributed by atoms with E-state index >= 15 is 0 Å². The Morgan fingerprint density at radius 1 is 1.36 bits per heavy atom. The van der Waals surface area contributed by atoms with Crippen LogP contribution in [0.25, 0.3) is 0 Å². The lowest BCUT2D eigenvalue weighted by molar-refractivity contribution is -0.137. The van der Waals surface area contributed by atoms with Crippen LogP contribution in [0.15, 0.2) is 0 Å². The van der Waals surface area contributed by atoms with Gasteiger partial charge in [0.1, 0.15) is 0 Å². The van der Waals surface area contributed by atoms with Crippen molar-refractivity contribution in [3.8, 4) is 0 Å². The molecule has 14 heavy (non-hydrogen) atoms. The SMILES string of the molecule is CC1C(=O)NC(=O)C1C(C)(C)C(N)=O. The Bertz CT molecular complexity index is 309. The summed E-state index contributed by atoms with van der Waals surface area (Å²) in [5.74, 6) is -2.47. The van der Waals surface area contributed by atoms with Gasteiger partial charge in [0.2, 0.25) is 17.7 Å². The molecule has 0 radical (unpaired) electrons. The Labute approximate surface area is 82.0 Å². The van der Waals surface area contributed by atoms with Crippen molar-refractivity contribution >= 4 is 17.7 Å². The van der Waals surface area contributed by atoms with Gasteiger partial charge in [0.15, 0.2) is 0 Å². The first-order valence-corrected chi connectivity index (χ1v) is 4.43. The number of amides is 3. The highest BCUT2D eigenvalue weighted by Crippen LogP contribution is 2.35. The number of carbonyl (C=O) groups excluding carboxylic acids is 3. The molecule has 1 rings (SSSR count). The quantitative estimate of drug-likeness (QED) is 0.581. The average molecular weight is 198 g/mol. The first-order valence-electron chi connectivity index (χ1n) is 4.43. The van der Waals surface area contributed by atoms with Crippen molar-refractivity contribution < 1.29 is 14.4 Å². The van der Waals surface area contributed by atoms with Gasteiger partial charge in [-0.2, -0.15) is 0 Å². The van der Waals surface area contributed by atoms with Crippen LogP contribution in [0.3, 0.4) is 0 Å². The highest BCUT2D eigenvalue weighted by Gasteiger charge is 2.50. The van der Waals surface area contributed by atoms with Crippen LogP contribution in [0.1, 0.15) is 20.8 Å². The van der Waals surface area contributed by atoms with Crippen LogP contribution >= 0.6 is 0 Å². The Morgan fingerprint density at radius 3 is 2.14 bits per heavy atom. The fraction of sp³-hybridized carbons (Fsp3) is 0.667. The number of primary amides is 1. The topological polar surface area (TPSA) is 89.3 Å². The predicted molar refractivity (Wildman–Crippen MR) is 48.8 cm³/mol. The molecule has 3 N–H and O–H groups in total. The van der Waals surface area contributed by atoms with Crippen LogP contribution in [0.4, 0.5) is 0 Å². The summed E-state index contributed by atoms with van der Waals surface area (Å²) in [4.78, 5) is 33.7. The maximum Gasteiger partial charge on any atom is 0.231 e. The van der Waals surface area contributed by atoms with E-state index in [-0.39, 0.29) is 5.91 Å². The second kappa shape index (κ2) is 3.08. The van der Waals surface area contributed by atoms with Gasteiger partial charge in [-0.05, 0) is 0 Å². The number of nitrogens with two attached hydrogens (primary N) is 1. The molecule has 1 heterocycles. The van der Waals surface area contributed by atoms with Gasteiger partial charge in [-0.1, -0.05) is 20.8 Å². The molecular weight excluding hydrogens is 184 g/mol. The minimum atomic E-state index is -0.990. The highest BCUT2D eigenvalue weighted by atomic mass is 16.2. The molecule has 1 aliphatic rings. The molecule has 5 heteroatoms. The molecule has 0 bridgehead atoms. The average Bonchev–Trinajstić information content (AvgIpc) is 2.26. The van der Waals surface area contributed by atoms with Crippen molar-refractivity contribution in [2.75, 3.05) is 0 Å². The van der Waals surface area contributed by atoms with Gasteiger partial charge in [-0.25, -0.2) is 0 Å². The maximum atomic E-state index is 11.4. The molecule has 0 spiro atoms. The van der Waals surface area contributed by atoms with Crippen LogP contribution < -0.4 is 11.1 Å². The van der Waals surface area contributed by atoms with Crippen molar-refractivity contribution in [2.24, 2.45) is 23.0 Å². The zero-order chi connectivity index (χ0) is 11.1. The Kier molecular flexibility index (Phi) is 2.35. The minimum absolute atomic E-state index is 0.339. The largest absolute Gasteiger partial charge is 0.369 e. The van der Waals surface area contributed by atoms with Crippen LogP contribution in [0, 0.1) is 17.3 Å². The summed E-state index contributed by atoms with van der Waals surface area (Å²) in [5.41, 5.74) is 4.20. The molecule has 3 amide bonds. The first kappa shape index (κ1) is 10.7. The van der Waals surface area contributed by atoms with E-state index in [9.17, 15) is 14.4 Å². The number of hydrogen-bond donors (Lipinski definition) is 2. The van der Waals surface area contributed by atoms with Gasteiger partial charge >= 0.3 is 0 Å². The number of imide groups is 1. The van der Waals surface area contributed by atoms with Crippen molar-refractivity contribution in [2.45, 2.75) is 20.8 Å². The normalized spacial score (nSPS) is 27.6. The summed E-state index contributed by atoms with van der Waals surface area (Å²) < 4.78 is 0. The van der Waals surface area contributed by atoms with E-state index < -0.39 is 29.1 Å². The molecule has 5 nitrogen and oxygen atoms in total. The second-order valence-corrected chi connectivity index (χ2v) is 4.21. The van der Waals surface area contributed by atoms with E-state index in [1.54, 1.807) is 20.8 Å². The Morgan fingerprint density at radius 2 is 1.86 bits per heavy atom. The number of rotatable bonds is 2. The lowest BCUT2D eigenvalue weighted by Crippen LogP contribution is -2.43. The van der Waals surface area contributed by atoms with Gasteiger partial charge in [0, 0.05) is 5.92 Å². The first-order chi connectivity index (χ1) is 6.28. The van der Waals surface area contributed by atoms with Crippen molar-refractivity contribution in [1.29, 1.82) is 0 Å². The molecule has 78 valence electrons. The van der Waals surface area contributed by atoms with E-state index in [1.165, 1.54) is 0 Å². The zero-order valence-corrected chi connectivity index (χ0v) is 8.46. The molecule has 0 aromatic rings. The van der Waals surface area contributed by atoms with Crippen molar-refractivity contribution in [3.63, 3.8) is 0 Å². The third kappa shape index (κ3) is 1.38. The summed E-state index contributed by atoms with van der Waals surface area (Å²) in [6.45, 7) is 4.78. The van der Waals surface area contributed by atoms with E-state index in [0.717, 1.165) is 0 Å². The molecule has 0 saturated carbocycles. The van der Waals surface area contributed by atoms with Gasteiger partial charge in [-0.3, -0.25) is 19.7 Å². The van der Waals surface area contributed by atoms with Gasteiger partial charge in [0.25, 0.3) is 0 Å². The van der Waals surface area contributed by atoms with E-state index in [4.69, 9.17) is 5.73 Å². The molecular formula is C9H14N2O3. The lowest BCUT2D eigenvalue weighted by Gasteiger charge is -2.27. The minimum Gasteiger partial charge on any atom is -0.369 e. The summed E-state index contributed by atoms with van der Waals surface area (Å²) in [5, 5.41) is 2.19. The van der Waals surface area contributed by atoms with E-state index in [1.807, 2.05) is 0 Å². The lowest BCUT2D eigenvalue weighted by atomic mass is 9.73. The third-order valence-electron chi connectivity index (χ3n) is 2.86. The molecule has 0 aromatic carbocycles. The predicted octanol–water partition coefficient (Wildman–Crippen LogP) is -0.593. The smallest absolute Gasteiger partial charge is 0.231 e. The fourth-order valence-electron chi connectivity index (χ4n) is 1.80. The summed E-state index contributed by atoms with van der Waals surface area (Å²) in [6, 6.07) is 0. The molecule has 0 aromatic heterocycles. The van der Waals surface area contributed by atoms with Crippen LogP contribution in [0.5, 0.6) is 0 Å². The van der Waals surface area contributed by atoms with Crippen LogP contribution in [0.2, 0.25) is 0 Å². The van der Waals surface area contributed by atoms with E-state index in [0.29, 0.717) is 0 Å². The fourth-order valence-corrected chi connectivity index (χ4v) is 1.80. The van der Waals surface area contributed by atoms with Crippen LogP contribution in [-0.4, -0.2) is 17.7 Å². The maximum absolute atomic E-state index is 11.4. The summed E-state index contributed by atoms with van der Waals surface area (Å²) in [7, 11) is 0. The number of hydrogen-bond acceptors (Lipinski definition) is 3. The Balaban J connectivity index is 3.04. The molecule has 1 saturated heterocycles. The van der Waals surface area contributed by atoms with Gasteiger partial charge < -0.3 is 5.73 Å².